The van der Waals surface area contributed by atoms with Crippen LogP contribution in [-0.4, -0.2) is 33.0 Å². The molecule has 1 rings (SSSR count). The number of nitrogens with zero attached hydrogens (tertiary/aromatic N) is 1. The Morgan fingerprint density at radius 1 is 1.41 bits per heavy atom. The van der Waals surface area contributed by atoms with Gasteiger partial charge in [0.15, 0.2) is 4.90 Å². The van der Waals surface area contributed by atoms with Crippen LogP contribution in [0.2, 0.25) is 0 Å². The van der Waals surface area contributed by atoms with Crippen molar-refractivity contribution < 1.29 is 18.1 Å². The lowest BCUT2D eigenvalue weighted by Crippen LogP contribution is -2.41. The molecule has 1 atom stereocenters. The van der Waals surface area contributed by atoms with E-state index in [0.29, 0.717) is 6.42 Å². The number of nitrogens with one attached hydrogen (secondary N) is 1. The quantitative estimate of drug-likeness (QED) is 0.545. The van der Waals surface area contributed by atoms with Gasteiger partial charge in [-0.15, -0.1) is 0 Å². The number of sulfonamides is 1. The average molecular weight is 331 g/mol. The minimum Gasteiger partial charge on any atom is -0.497 e. The molecule has 124 valence electrons. The molecular weight excluding hydrogens is 310 g/mol. The highest BCUT2D eigenvalue weighted by atomic mass is 32.2. The molecule has 3 N–H and O–H groups in total. The largest absolute Gasteiger partial charge is 0.497 e. The highest BCUT2D eigenvalue weighted by Crippen LogP contribution is 2.28. The van der Waals surface area contributed by atoms with Crippen molar-refractivity contribution in [2.45, 2.75) is 31.2 Å². The molecule has 0 radical (unpaired) electrons. The van der Waals surface area contributed by atoms with Gasteiger partial charge in [0, 0.05) is 12.6 Å². The van der Waals surface area contributed by atoms with Crippen LogP contribution in [0.15, 0.2) is 23.1 Å². The van der Waals surface area contributed by atoms with Gasteiger partial charge in [-0.1, -0.05) is 13.8 Å². The molecule has 1 unspecified atom stereocenters. The van der Waals surface area contributed by atoms with E-state index in [0.717, 1.165) is 12.1 Å². The normalized spacial score (nSPS) is 13.1. The van der Waals surface area contributed by atoms with Crippen LogP contribution in [0.1, 0.15) is 20.3 Å². The van der Waals surface area contributed by atoms with Crippen LogP contribution in [0.25, 0.3) is 0 Å². The van der Waals surface area contributed by atoms with E-state index in [-0.39, 0.29) is 18.2 Å². The molecule has 0 aliphatic rings. The molecule has 0 spiro atoms. The van der Waals surface area contributed by atoms with Gasteiger partial charge in [-0.3, -0.25) is 10.1 Å². The molecule has 0 aromatic heterocycles. The maximum Gasteiger partial charge on any atom is 0.293 e. The van der Waals surface area contributed by atoms with Crippen LogP contribution < -0.4 is 15.2 Å². The van der Waals surface area contributed by atoms with Gasteiger partial charge in [-0.05, 0) is 24.5 Å². The van der Waals surface area contributed by atoms with Gasteiger partial charge in [0.2, 0.25) is 10.0 Å². The van der Waals surface area contributed by atoms with E-state index in [2.05, 4.69) is 4.72 Å². The molecule has 8 nitrogen and oxygen atoms in total. The van der Waals surface area contributed by atoms with E-state index in [4.69, 9.17) is 10.5 Å². The van der Waals surface area contributed by atoms with Crippen LogP contribution >= 0.6 is 0 Å². The average Bonchev–Trinajstić information content (AvgIpc) is 2.44. The molecule has 0 bridgehead atoms. The molecular formula is C13H21N3O5S. The smallest absolute Gasteiger partial charge is 0.293 e. The number of nitrogens with two attached hydrogens (primary N) is 1. The first-order chi connectivity index (χ1) is 10.2. The molecule has 0 saturated carbocycles. The lowest BCUT2D eigenvalue weighted by molar-refractivity contribution is -0.387. The number of benzene rings is 1. The number of hydrogen-bond donors (Lipinski definition) is 2. The Balaban J connectivity index is 3.19. The minimum atomic E-state index is -4.05. The van der Waals surface area contributed by atoms with Crippen LogP contribution in [0.3, 0.4) is 0 Å². The van der Waals surface area contributed by atoms with Crippen molar-refractivity contribution in [3.05, 3.63) is 28.3 Å². The minimum absolute atomic E-state index is 0.112. The van der Waals surface area contributed by atoms with Crippen molar-refractivity contribution in [3.63, 3.8) is 0 Å². The van der Waals surface area contributed by atoms with Gasteiger partial charge >= 0.3 is 0 Å². The second-order valence-electron chi connectivity index (χ2n) is 5.27. The highest BCUT2D eigenvalue weighted by Gasteiger charge is 2.28. The first kappa shape index (κ1) is 18.3. The number of nitro groups is 1. The Kier molecular flexibility index (Phi) is 6.27. The van der Waals surface area contributed by atoms with Crippen molar-refractivity contribution in [1.29, 1.82) is 0 Å². The first-order valence-corrected chi connectivity index (χ1v) is 8.24. The third-order valence-corrected chi connectivity index (χ3v) is 4.58. The van der Waals surface area contributed by atoms with Gasteiger partial charge in [-0.2, -0.15) is 0 Å². The second-order valence-corrected chi connectivity index (χ2v) is 6.96. The first-order valence-electron chi connectivity index (χ1n) is 6.76. The summed E-state index contributed by atoms with van der Waals surface area (Å²) in [6.45, 7) is 3.99. The predicted molar refractivity (Wildman–Crippen MR) is 82.3 cm³/mol. The Morgan fingerprint density at radius 2 is 2.05 bits per heavy atom. The number of nitro benzene ring substituents is 1. The summed E-state index contributed by atoms with van der Waals surface area (Å²) >= 11 is 0. The predicted octanol–water partition coefficient (Wildman–Crippen LogP) is 1.26. The second kappa shape index (κ2) is 7.52. The topological polar surface area (TPSA) is 125 Å². The van der Waals surface area contributed by atoms with Gasteiger partial charge in [0.25, 0.3) is 5.69 Å². The molecule has 0 aliphatic heterocycles. The maximum absolute atomic E-state index is 12.4. The van der Waals surface area contributed by atoms with E-state index in [1.54, 1.807) is 0 Å². The monoisotopic (exact) mass is 331 g/mol. The third-order valence-electron chi connectivity index (χ3n) is 3.01. The van der Waals surface area contributed by atoms with Crippen LogP contribution in [0.5, 0.6) is 5.75 Å². The van der Waals surface area contributed by atoms with Crippen LogP contribution in [0, 0.1) is 16.0 Å². The summed E-state index contributed by atoms with van der Waals surface area (Å²) in [5, 5.41) is 11.1. The zero-order valence-corrected chi connectivity index (χ0v) is 13.6. The van der Waals surface area contributed by atoms with Gasteiger partial charge in [0.05, 0.1) is 18.1 Å². The fraction of sp³-hybridized carbons (Fsp3) is 0.538. The van der Waals surface area contributed by atoms with Crippen molar-refractivity contribution >= 4 is 15.7 Å². The molecule has 9 heteroatoms. The summed E-state index contributed by atoms with van der Waals surface area (Å²) in [5.41, 5.74) is 5.03. The van der Waals surface area contributed by atoms with E-state index >= 15 is 0 Å². The van der Waals surface area contributed by atoms with Gasteiger partial charge in [-0.25, -0.2) is 13.1 Å². The lowest BCUT2D eigenvalue weighted by Gasteiger charge is -2.18. The fourth-order valence-corrected chi connectivity index (χ4v) is 3.45. The lowest BCUT2D eigenvalue weighted by atomic mass is 10.1. The fourth-order valence-electron chi connectivity index (χ4n) is 2.04. The van der Waals surface area contributed by atoms with E-state index in [1.807, 2.05) is 13.8 Å². The molecule has 0 aliphatic carbocycles. The summed E-state index contributed by atoms with van der Waals surface area (Å²) in [5.74, 6) is 0.449. The van der Waals surface area contributed by atoms with E-state index in [9.17, 15) is 18.5 Å². The van der Waals surface area contributed by atoms with Gasteiger partial charge in [0.1, 0.15) is 5.75 Å². The summed E-state index contributed by atoms with van der Waals surface area (Å²) in [6.07, 6.45) is 0.541. The highest BCUT2D eigenvalue weighted by molar-refractivity contribution is 7.89. The molecule has 22 heavy (non-hydrogen) atoms. The number of methoxy groups -OCH3 is 1. The number of hydrogen-bond acceptors (Lipinski definition) is 6. The Hall–Kier alpha value is -1.71. The molecule has 0 saturated heterocycles. The maximum atomic E-state index is 12.4. The molecule has 1 aromatic rings. The standard InChI is InChI=1S/C13H21N3O5S/c1-9(2)6-10(8-14)15-22(19,20)13-5-4-11(21-3)7-12(13)16(17)18/h4-5,7,9-10,15H,6,8,14H2,1-3H3. The summed E-state index contributed by atoms with van der Waals surface area (Å²) in [6, 6.07) is 3.12. The molecule has 0 heterocycles. The number of rotatable bonds is 8. The van der Waals surface area contributed by atoms with E-state index in [1.165, 1.54) is 13.2 Å². The van der Waals surface area contributed by atoms with E-state index < -0.39 is 31.6 Å². The Labute approximate surface area is 129 Å². The molecule has 0 amide bonds. The summed E-state index contributed by atoms with van der Waals surface area (Å²) < 4.78 is 32.1. The summed E-state index contributed by atoms with van der Waals surface area (Å²) in [7, 11) is -2.70. The Morgan fingerprint density at radius 3 is 2.50 bits per heavy atom. The zero-order valence-electron chi connectivity index (χ0n) is 12.8. The summed E-state index contributed by atoms with van der Waals surface area (Å²) in [4.78, 5) is 9.95. The van der Waals surface area contributed by atoms with Crippen molar-refractivity contribution in [2.75, 3.05) is 13.7 Å². The van der Waals surface area contributed by atoms with Crippen molar-refractivity contribution in [3.8, 4) is 5.75 Å². The molecule has 0 fully saturated rings. The molecule has 1 aromatic carbocycles. The van der Waals surface area contributed by atoms with Crippen LogP contribution in [-0.2, 0) is 10.0 Å². The Bertz CT molecular complexity index is 631. The van der Waals surface area contributed by atoms with Crippen molar-refractivity contribution in [2.24, 2.45) is 11.7 Å². The SMILES string of the molecule is COc1ccc(S(=O)(=O)NC(CN)CC(C)C)c([N+](=O)[O-])c1. The van der Waals surface area contributed by atoms with Gasteiger partial charge < -0.3 is 10.5 Å². The zero-order chi connectivity index (χ0) is 16.9. The van der Waals surface area contributed by atoms with Crippen molar-refractivity contribution in [1.82, 2.24) is 4.72 Å². The number of ether oxygens (including phenoxy) is 1. The third kappa shape index (κ3) is 4.65. The van der Waals surface area contributed by atoms with Crippen LogP contribution in [0.4, 0.5) is 5.69 Å².